The first-order valence-corrected chi connectivity index (χ1v) is 8.44. The van der Waals surface area contributed by atoms with E-state index in [1.807, 2.05) is 0 Å². The molecule has 0 saturated carbocycles. The Hall–Kier alpha value is -3.21. The van der Waals surface area contributed by atoms with E-state index in [1.54, 1.807) is 6.92 Å². The second-order valence-corrected chi connectivity index (χ2v) is 6.10. The summed E-state index contributed by atoms with van der Waals surface area (Å²) in [6, 6.07) is 1.84. The SMILES string of the molecule is CCOC(=O)c1cnnn1C(C)C(O)(Cn1cncn1)c1ccc(F)cc1F. The van der Waals surface area contributed by atoms with Crippen LogP contribution < -0.4 is 0 Å². The average Bonchev–Trinajstić information content (AvgIpc) is 3.32. The van der Waals surface area contributed by atoms with Gasteiger partial charge in [-0.05, 0) is 19.9 Å². The number of aliphatic hydroxyl groups is 1. The second-order valence-electron chi connectivity index (χ2n) is 6.10. The highest BCUT2D eigenvalue weighted by molar-refractivity contribution is 5.87. The molecule has 3 rings (SSSR count). The molecule has 2 heterocycles. The van der Waals surface area contributed by atoms with E-state index in [4.69, 9.17) is 4.74 Å². The Morgan fingerprint density at radius 3 is 2.82 bits per heavy atom. The van der Waals surface area contributed by atoms with E-state index in [9.17, 15) is 18.7 Å². The first-order valence-electron chi connectivity index (χ1n) is 8.44. The van der Waals surface area contributed by atoms with Crippen LogP contribution in [0.2, 0.25) is 0 Å². The van der Waals surface area contributed by atoms with Gasteiger partial charge in [0.15, 0.2) is 5.69 Å². The normalized spacial score (nSPS) is 14.5. The third-order valence-corrected chi connectivity index (χ3v) is 4.38. The standard InChI is InChI=1S/C17H18F2N6O3/c1-3-28-16(26)15-7-21-23-25(15)11(2)17(27,8-24-10-20-9-22-24)13-5-4-12(18)6-14(13)19/h4-7,9-11,27H,3,8H2,1-2H3. The largest absolute Gasteiger partial charge is 0.461 e. The van der Waals surface area contributed by atoms with Crippen molar-refractivity contribution in [2.45, 2.75) is 32.0 Å². The molecule has 0 aliphatic carbocycles. The van der Waals surface area contributed by atoms with Crippen LogP contribution >= 0.6 is 0 Å². The molecule has 1 N–H and O–H groups in total. The van der Waals surface area contributed by atoms with Crippen molar-refractivity contribution in [2.75, 3.05) is 6.61 Å². The van der Waals surface area contributed by atoms with Crippen LogP contribution in [0.15, 0.2) is 37.1 Å². The summed E-state index contributed by atoms with van der Waals surface area (Å²) in [6.45, 7) is 3.06. The summed E-state index contributed by atoms with van der Waals surface area (Å²) < 4.78 is 35.4. The first kappa shape index (κ1) is 19.5. The number of carbonyl (C=O) groups excluding carboxylic acids is 1. The molecule has 28 heavy (non-hydrogen) atoms. The Labute approximate surface area is 158 Å². The van der Waals surface area contributed by atoms with Gasteiger partial charge in [-0.15, -0.1) is 5.10 Å². The van der Waals surface area contributed by atoms with Crippen molar-refractivity contribution in [1.29, 1.82) is 0 Å². The summed E-state index contributed by atoms with van der Waals surface area (Å²) in [5, 5.41) is 23.0. The number of hydrogen-bond acceptors (Lipinski definition) is 7. The van der Waals surface area contributed by atoms with Gasteiger partial charge < -0.3 is 9.84 Å². The number of esters is 1. The van der Waals surface area contributed by atoms with Crippen molar-refractivity contribution in [3.8, 4) is 0 Å². The summed E-state index contributed by atoms with van der Waals surface area (Å²) in [5.41, 5.74) is -2.18. The van der Waals surface area contributed by atoms with Gasteiger partial charge in [-0.1, -0.05) is 11.3 Å². The van der Waals surface area contributed by atoms with Gasteiger partial charge in [-0.3, -0.25) is 0 Å². The number of aromatic nitrogens is 6. The predicted octanol–water partition coefficient (Wildman–Crippen LogP) is 1.47. The van der Waals surface area contributed by atoms with E-state index in [0.29, 0.717) is 6.07 Å². The number of ether oxygens (including phenoxy) is 1. The molecule has 148 valence electrons. The summed E-state index contributed by atoms with van der Waals surface area (Å²) in [6.07, 6.45) is 3.78. The van der Waals surface area contributed by atoms with Gasteiger partial charge in [0.2, 0.25) is 0 Å². The summed E-state index contributed by atoms with van der Waals surface area (Å²) in [7, 11) is 0. The summed E-state index contributed by atoms with van der Waals surface area (Å²) in [5.74, 6) is -2.43. The third kappa shape index (κ3) is 3.60. The summed E-state index contributed by atoms with van der Waals surface area (Å²) >= 11 is 0. The number of halogens is 2. The smallest absolute Gasteiger partial charge is 0.358 e. The number of hydrogen-bond donors (Lipinski definition) is 1. The molecule has 9 nitrogen and oxygen atoms in total. The van der Waals surface area contributed by atoms with E-state index >= 15 is 0 Å². The Bertz CT molecular complexity index is 962. The lowest BCUT2D eigenvalue weighted by molar-refractivity contribution is -0.0384. The highest BCUT2D eigenvalue weighted by atomic mass is 19.1. The van der Waals surface area contributed by atoms with Gasteiger partial charge in [0.1, 0.15) is 29.9 Å². The molecule has 2 atom stereocenters. The molecule has 2 unspecified atom stereocenters. The molecule has 3 aromatic rings. The molecule has 1 aromatic carbocycles. The van der Waals surface area contributed by atoms with Crippen molar-refractivity contribution >= 4 is 5.97 Å². The van der Waals surface area contributed by atoms with Crippen LogP contribution in [-0.4, -0.2) is 47.4 Å². The lowest BCUT2D eigenvalue weighted by Gasteiger charge is -2.35. The average molecular weight is 392 g/mol. The predicted molar refractivity (Wildman–Crippen MR) is 91.0 cm³/mol. The van der Waals surface area contributed by atoms with Crippen LogP contribution in [0, 0.1) is 11.6 Å². The maximum atomic E-state index is 14.6. The number of carbonyl (C=O) groups is 1. The number of benzene rings is 1. The second kappa shape index (κ2) is 7.80. The fourth-order valence-electron chi connectivity index (χ4n) is 2.93. The van der Waals surface area contributed by atoms with Crippen molar-refractivity contribution < 1.29 is 23.4 Å². The van der Waals surface area contributed by atoms with E-state index in [-0.39, 0.29) is 24.4 Å². The van der Waals surface area contributed by atoms with Crippen LogP contribution in [-0.2, 0) is 16.9 Å². The lowest BCUT2D eigenvalue weighted by atomic mass is 9.86. The van der Waals surface area contributed by atoms with E-state index in [1.165, 1.54) is 30.5 Å². The molecule has 0 aliphatic heterocycles. The van der Waals surface area contributed by atoms with Gasteiger partial charge in [-0.2, -0.15) is 5.10 Å². The number of rotatable bonds is 7. The van der Waals surface area contributed by atoms with Crippen LogP contribution in [0.5, 0.6) is 0 Å². The Morgan fingerprint density at radius 2 is 2.18 bits per heavy atom. The molecule has 0 bridgehead atoms. The molecule has 0 fully saturated rings. The monoisotopic (exact) mass is 392 g/mol. The zero-order chi connectivity index (χ0) is 20.3. The van der Waals surface area contributed by atoms with Gasteiger partial charge >= 0.3 is 5.97 Å². The van der Waals surface area contributed by atoms with Crippen LogP contribution in [0.25, 0.3) is 0 Å². The zero-order valence-corrected chi connectivity index (χ0v) is 15.2. The molecule has 11 heteroatoms. The van der Waals surface area contributed by atoms with Crippen molar-refractivity contribution in [3.63, 3.8) is 0 Å². The fraction of sp³-hybridized carbons (Fsp3) is 0.353. The van der Waals surface area contributed by atoms with Gasteiger partial charge in [-0.25, -0.2) is 27.9 Å². The Kier molecular flexibility index (Phi) is 5.45. The van der Waals surface area contributed by atoms with Crippen molar-refractivity contribution in [1.82, 2.24) is 29.8 Å². The number of nitrogens with zero attached hydrogens (tertiary/aromatic N) is 6. The van der Waals surface area contributed by atoms with Crippen LogP contribution in [0.4, 0.5) is 8.78 Å². The minimum atomic E-state index is -1.97. The highest BCUT2D eigenvalue weighted by Crippen LogP contribution is 2.36. The third-order valence-electron chi connectivity index (χ3n) is 4.38. The Morgan fingerprint density at radius 1 is 1.39 bits per heavy atom. The van der Waals surface area contributed by atoms with Gasteiger partial charge in [0, 0.05) is 11.6 Å². The molecule has 0 radical (unpaired) electrons. The molecule has 0 aliphatic rings. The molecule has 0 saturated heterocycles. The Balaban J connectivity index is 2.09. The molecular formula is C17H18F2N6O3. The van der Waals surface area contributed by atoms with Crippen molar-refractivity contribution in [2.24, 2.45) is 0 Å². The van der Waals surface area contributed by atoms with E-state index in [2.05, 4.69) is 20.4 Å². The minimum absolute atomic E-state index is 0.0196. The van der Waals surface area contributed by atoms with E-state index in [0.717, 1.165) is 16.8 Å². The molecule has 0 amide bonds. The van der Waals surface area contributed by atoms with E-state index < -0.39 is 29.2 Å². The maximum Gasteiger partial charge on any atom is 0.358 e. The quantitative estimate of drug-likeness (QED) is 0.607. The topological polar surface area (TPSA) is 108 Å². The van der Waals surface area contributed by atoms with Crippen LogP contribution in [0.1, 0.15) is 35.9 Å². The fourth-order valence-corrected chi connectivity index (χ4v) is 2.93. The van der Waals surface area contributed by atoms with Gasteiger partial charge in [0.05, 0.1) is 25.4 Å². The first-order chi connectivity index (χ1) is 13.4. The lowest BCUT2D eigenvalue weighted by Crippen LogP contribution is -2.42. The molecular weight excluding hydrogens is 374 g/mol. The summed E-state index contributed by atoms with van der Waals surface area (Å²) in [4.78, 5) is 16.0. The van der Waals surface area contributed by atoms with Crippen molar-refractivity contribution in [3.05, 3.63) is 59.9 Å². The molecule has 2 aromatic heterocycles. The molecule has 0 spiro atoms. The van der Waals surface area contributed by atoms with Gasteiger partial charge in [0.25, 0.3) is 0 Å². The highest BCUT2D eigenvalue weighted by Gasteiger charge is 2.42. The minimum Gasteiger partial charge on any atom is -0.461 e. The zero-order valence-electron chi connectivity index (χ0n) is 15.2. The van der Waals surface area contributed by atoms with Crippen LogP contribution in [0.3, 0.4) is 0 Å². The maximum absolute atomic E-state index is 14.6.